The van der Waals surface area contributed by atoms with E-state index < -0.39 is 0 Å². The molecule has 0 aliphatic carbocycles. The van der Waals surface area contributed by atoms with Crippen molar-refractivity contribution in [2.75, 3.05) is 13.1 Å². The molecule has 1 aliphatic rings. The number of amides is 1. The van der Waals surface area contributed by atoms with Crippen molar-refractivity contribution in [3.05, 3.63) is 17.7 Å². The van der Waals surface area contributed by atoms with E-state index in [2.05, 4.69) is 11.9 Å². The Hall–Kier alpha value is -1.32. The van der Waals surface area contributed by atoms with Crippen LogP contribution in [0, 0.1) is 6.92 Å². The first-order chi connectivity index (χ1) is 8.70. The molecule has 4 heteroatoms. The monoisotopic (exact) mass is 251 g/mol. The number of rotatable bonds is 3. The molecule has 1 aliphatic heterocycles. The zero-order chi connectivity index (χ0) is 13.5. The summed E-state index contributed by atoms with van der Waals surface area (Å²) >= 11 is 0. The number of carbonyl (C=O) groups excluding carboxylic acids is 1. The fourth-order valence-electron chi connectivity index (χ4n) is 2.12. The van der Waals surface area contributed by atoms with Gasteiger partial charge in [0.15, 0.2) is 0 Å². The standard InChI is InChI=1S/C12H19N3O.C2H6/c1-3-11-8-15(10(2)13-11)9-12(16)14-6-4-5-7-14;1-2/h8H,3-7,9H2,1-2H3;1-2H3. The molecule has 0 unspecified atom stereocenters. The van der Waals surface area contributed by atoms with E-state index in [0.717, 1.165) is 43.9 Å². The molecule has 4 nitrogen and oxygen atoms in total. The highest BCUT2D eigenvalue weighted by Gasteiger charge is 2.18. The van der Waals surface area contributed by atoms with Crippen LogP contribution in [0.25, 0.3) is 0 Å². The Bertz CT molecular complexity index is 378. The summed E-state index contributed by atoms with van der Waals surface area (Å²) in [6.07, 6.45) is 5.21. The van der Waals surface area contributed by atoms with E-state index in [0.29, 0.717) is 6.54 Å². The highest BCUT2D eigenvalue weighted by molar-refractivity contribution is 5.76. The fraction of sp³-hybridized carbons (Fsp3) is 0.714. The van der Waals surface area contributed by atoms with Crippen LogP contribution >= 0.6 is 0 Å². The molecule has 2 heterocycles. The molecule has 1 aromatic heterocycles. The Balaban J connectivity index is 0.000000771. The van der Waals surface area contributed by atoms with Crippen molar-refractivity contribution in [3.8, 4) is 0 Å². The van der Waals surface area contributed by atoms with E-state index in [1.54, 1.807) is 0 Å². The normalized spacial score (nSPS) is 14.3. The highest BCUT2D eigenvalue weighted by atomic mass is 16.2. The van der Waals surface area contributed by atoms with Crippen LogP contribution in [0.2, 0.25) is 0 Å². The maximum Gasteiger partial charge on any atom is 0.242 e. The van der Waals surface area contributed by atoms with Gasteiger partial charge in [-0.2, -0.15) is 0 Å². The van der Waals surface area contributed by atoms with Gasteiger partial charge in [0.05, 0.1) is 5.69 Å². The maximum atomic E-state index is 11.9. The van der Waals surface area contributed by atoms with Crippen molar-refractivity contribution in [2.45, 2.75) is 53.5 Å². The van der Waals surface area contributed by atoms with Gasteiger partial charge in [0.2, 0.25) is 5.91 Å². The number of carbonyl (C=O) groups is 1. The average molecular weight is 251 g/mol. The molecule has 0 aromatic carbocycles. The van der Waals surface area contributed by atoms with Crippen LogP contribution in [-0.4, -0.2) is 33.4 Å². The van der Waals surface area contributed by atoms with E-state index in [9.17, 15) is 4.79 Å². The average Bonchev–Trinajstić information content (AvgIpc) is 3.02. The number of hydrogen-bond donors (Lipinski definition) is 0. The van der Waals surface area contributed by atoms with Gasteiger partial charge >= 0.3 is 0 Å². The summed E-state index contributed by atoms with van der Waals surface area (Å²) in [6, 6.07) is 0. The van der Waals surface area contributed by atoms with Gasteiger partial charge in [0.25, 0.3) is 0 Å². The first-order valence-corrected chi connectivity index (χ1v) is 7.01. The second-order valence-electron chi connectivity index (χ2n) is 4.35. The number of nitrogens with zero attached hydrogens (tertiary/aromatic N) is 3. The summed E-state index contributed by atoms with van der Waals surface area (Å²) in [4.78, 5) is 18.3. The minimum Gasteiger partial charge on any atom is -0.341 e. The molecule has 1 aromatic rings. The number of aromatic nitrogens is 2. The number of hydrogen-bond acceptors (Lipinski definition) is 2. The largest absolute Gasteiger partial charge is 0.341 e. The molecule has 2 rings (SSSR count). The highest BCUT2D eigenvalue weighted by Crippen LogP contribution is 2.10. The van der Waals surface area contributed by atoms with Crippen molar-refractivity contribution < 1.29 is 4.79 Å². The Morgan fingerprint density at radius 2 is 1.94 bits per heavy atom. The van der Waals surface area contributed by atoms with Crippen LogP contribution in [0.5, 0.6) is 0 Å². The molecule has 1 saturated heterocycles. The molecular weight excluding hydrogens is 226 g/mol. The van der Waals surface area contributed by atoms with Gasteiger partial charge in [-0.15, -0.1) is 0 Å². The second kappa shape index (κ2) is 7.19. The lowest BCUT2D eigenvalue weighted by Crippen LogP contribution is -2.31. The van der Waals surface area contributed by atoms with E-state index in [1.165, 1.54) is 0 Å². The van der Waals surface area contributed by atoms with Crippen LogP contribution in [0.4, 0.5) is 0 Å². The lowest BCUT2D eigenvalue weighted by Gasteiger charge is -2.15. The van der Waals surface area contributed by atoms with Gasteiger partial charge < -0.3 is 9.47 Å². The summed E-state index contributed by atoms with van der Waals surface area (Å²) < 4.78 is 1.96. The van der Waals surface area contributed by atoms with Crippen molar-refractivity contribution in [1.82, 2.24) is 14.5 Å². The third-order valence-electron chi connectivity index (χ3n) is 3.15. The van der Waals surface area contributed by atoms with Gasteiger partial charge in [0.1, 0.15) is 12.4 Å². The van der Waals surface area contributed by atoms with Gasteiger partial charge in [0, 0.05) is 19.3 Å². The molecule has 0 spiro atoms. The molecule has 0 N–H and O–H groups in total. The Kier molecular flexibility index (Phi) is 5.89. The maximum absolute atomic E-state index is 11.9. The summed E-state index contributed by atoms with van der Waals surface area (Å²) in [5.41, 5.74) is 1.06. The molecule has 18 heavy (non-hydrogen) atoms. The third-order valence-corrected chi connectivity index (χ3v) is 3.15. The molecule has 102 valence electrons. The Morgan fingerprint density at radius 1 is 1.33 bits per heavy atom. The topological polar surface area (TPSA) is 38.1 Å². The summed E-state index contributed by atoms with van der Waals surface area (Å²) in [5.74, 6) is 1.16. The minimum atomic E-state index is 0.223. The number of imidazole rings is 1. The molecule has 0 bridgehead atoms. The van der Waals surface area contributed by atoms with Crippen LogP contribution in [0.3, 0.4) is 0 Å². The van der Waals surface area contributed by atoms with Crippen LogP contribution in [0.15, 0.2) is 6.20 Å². The number of aryl methyl sites for hydroxylation is 2. The molecule has 0 radical (unpaired) electrons. The molecule has 0 saturated carbocycles. The van der Waals surface area contributed by atoms with Gasteiger partial charge in [-0.3, -0.25) is 4.79 Å². The van der Waals surface area contributed by atoms with Gasteiger partial charge in [-0.25, -0.2) is 4.98 Å². The first kappa shape index (κ1) is 14.7. The van der Waals surface area contributed by atoms with Crippen LogP contribution < -0.4 is 0 Å². The SMILES string of the molecule is CC.CCc1cn(CC(=O)N2CCCC2)c(C)n1. The summed E-state index contributed by atoms with van der Waals surface area (Å²) in [7, 11) is 0. The van der Waals surface area contributed by atoms with Gasteiger partial charge in [-0.1, -0.05) is 20.8 Å². The Morgan fingerprint density at radius 3 is 2.44 bits per heavy atom. The van der Waals surface area contributed by atoms with E-state index >= 15 is 0 Å². The van der Waals surface area contributed by atoms with Crippen molar-refractivity contribution in [3.63, 3.8) is 0 Å². The van der Waals surface area contributed by atoms with Crippen LogP contribution in [0.1, 0.15) is 45.1 Å². The molecular formula is C14H25N3O. The van der Waals surface area contributed by atoms with E-state index in [4.69, 9.17) is 0 Å². The van der Waals surface area contributed by atoms with Crippen molar-refractivity contribution >= 4 is 5.91 Å². The predicted octanol–water partition coefficient (Wildman–Crippen LogP) is 2.40. The Labute approximate surface area is 110 Å². The first-order valence-electron chi connectivity index (χ1n) is 7.01. The van der Waals surface area contributed by atoms with Crippen molar-refractivity contribution in [1.29, 1.82) is 0 Å². The second-order valence-corrected chi connectivity index (χ2v) is 4.35. The van der Waals surface area contributed by atoms with Crippen molar-refractivity contribution in [2.24, 2.45) is 0 Å². The van der Waals surface area contributed by atoms with E-state index in [1.807, 2.05) is 36.4 Å². The fourth-order valence-corrected chi connectivity index (χ4v) is 2.12. The molecule has 0 atom stereocenters. The summed E-state index contributed by atoms with van der Waals surface area (Å²) in [6.45, 7) is 10.3. The predicted molar refractivity (Wildman–Crippen MR) is 73.5 cm³/mol. The lowest BCUT2D eigenvalue weighted by atomic mass is 10.4. The molecule has 1 amide bonds. The quantitative estimate of drug-likeness (QED) is 0.827. The molecule has 1 fully saturated rings. The smallest absolute Gasteiger partial charge is 0.242 e. The third kappa shape index (κ3) is 3.59. The van der Waals surface area contributed by atoms with E-state index in [-0.39, 0.29) is 5.91 Å². The van der Waals surface area contributed by atoms with Crippen LogP contribution in [-0.2, 0) is 17.8 Å². The van der Waals surface area contributed by atoms with Gasteiger partial charge in [-0.05, 0) is 26.2 Å². The minimum absolute atomic E-state index is 0.223. The summed E-state index contributed by atoms with van der Waals surface area (Å²) in [5, 5.41) is 0. The number of likely N-dealkylation sites (tertiary alicyclic amines) is 1. The lowest BCUT2D eigenvalue weighted by molar-refractivity contribution is -0.130. The zero-order valence-electron chi connectivity index (χ0n) is 12.1. The zero-order valence-corrected chi connectivity index (χ0v) is 12.1.